The molecule has 58 heavy (non-hydrogen) atoms. The van der Waals surface area contributed by atoms with Gasteiger partial charge in [-0.15, -0.1) is 10.2 Å². The van der Waals surface area contributed by atoms with Crippen LogP contribution >= 0.6 is 11.6 Å². The number of aromatic nitrogens is 3. The lowest BCUT2D eigenvalue weighted by Gasteiger charge is -2.46. The van der Waals surface area contributed by atoms with Gasteiger partial charge in [-0.1, -0.05) is 29.8 Å². The van der Waals surface area contributed by atoms with Crippen LogP contribution in [0.15, 0.2) is 54.6 Å². The summed E-state index contributed by atoms with van der Waals surface area (Å²) in [5.41, 5.74) is 6.36. The van der Waals surface area contributed by atoms with Crippen molar-refractivity contribution in [2.45, 2.75) is 81.2 Å². The Balaban J connectivity index is 0.000000196. The van der Waals surface area contributed by atoms with E-state index in [4.69, 9.17) is 31.5 Å². The van der Waals surface area contributed by atoms with Crippen molar-refractivity contribution in [2.75, 3.05) is 26.4 Å². The highest BCUT2D eigenvalue weighted by Gasteiger charge is 2.67. The van der Waals surface area contributed by atoms with Crippen molar-refractivity contribution in [3.63, 3.8) is 0 Å². The van der Waals surface area contributed by atoms with Gasteiger partial charge in [0.25, 0.3) is 0 Å². The average molecular weight is 844 g/mol. The van der Waals surface area contributed by atoms with Crippen molar-refractivity contribution in [1.82, 2.24) is 19.7 Å². The van der Waals surface area contributed by atoms with Crippen molar-refractivity contribution in [3.8, 4) is 5.75 Å². The van der Waals surface area contributed by atoms with Gasteiger partial charge in [0.1, 0.15) is 35.5 Å². The van der Waals surface area contributed by atoms with E-state index in [2.05, 4.69) is 10.2 Å². The van der Waals surface area contributed by atoms with E-state index in [9.17, 15) is 51.6 Å². The molecule has 13 nitrogen and oxygen atoms in total. The molecule has 2 fully saturated rings. The SMILES string of the molecule is CCOc1ccc(Cc2cc([C@]34OC[C@](CO)(O3)[C@@H](O)[C@H](O)[C@H]4O)ccc2Cl)cc1.N[C@@H](CC(=O)N1CCn2c(nnc2C(F)(F)F)C1)Cc1cc(F)c(F)cc1F. The fourth-order valence-corrected chi connectivity index (χ4v) is 7.28. The van der Waals surface area contributed by atoms with Crippen LogP contribution in [0, 0.1) is 17.5 Å². The van der Waals surface area contributed by atoms with Crippen LogP contribution in [0.25, 0.3) is 0 Å². The first-order valence-electron chi connectivity index (χ1n) is 18.1. The van der Waals surface area contributed by atoms with E-state index in [0.29, 0.717) is 35.7 Å². The molecule has 1 aromatic heterocycles. The first-order valence-corrected chi connectivity index (χ1v) is 18.4. The number of ether oxygens (including phenoxy) is 3. The van der Waals surface area contributed by atoms with E-state index in [-0.39, 0.29) is 50.5 Å². The van der Waals surface area contributed by atoms with Crippen molar-refractivity contribution < 1.29 is 65.8 Å². The molecule has 4 aromatic rings. The van der Waals surface area contributed by atoms with Crippen LogP contribution in [-0.4, -0.2) is 102 Å². The maximum atomic E-state index is 13.7. The number of hydrogen-bond donors (Lipinski definition) is 5. The van der Waals surface area contributed by atoms with Gasteiger partial charge in [0.15, 0.2) is 17.5 Å². The van der Waals surface area contributed by atoms with E-state index in [1.54, 1.807) is 18.2 Å². The third-order valence-corrected chi connectivity index (χ3v) is 10.5. The van der Waals surface area contributed by atoms with Crippen molar-refractivity contribution >= 4 is 17.5 Å². The number of carbonyl (C=O) groups excluding carboxylic acids is 1. The summed E-state index contributed by atoms with van der Waals surface area (Å²) >= 11 is 6.41. The van der Waals surface area contributed by atoms with Gasteiger partial charge in [-0.25, -0.2) is 13.2 Å². The molecule has 20 heteroatoms. The van der Waals surface area contributed by atoms with Gasteiger partial charge in [0.05, 0.1) is 26.4 Å². The predicted molar refractivity (Wildman–Crippen MR) is 191 cm³/mol. The lowest BCUT2D eigenvalue weighted by atomic mass is 9.83. The number of nitrogens with two attached hydrogens (primary N) is 1. The standard InChI is InChI=1S/C22H25ClO7.C16H15F6N5O/c1-2-28-16-6-3-13(4-7-16)9-14-10-15(5-8-17(14)23)22-20(27)18(25)19(26)21(11-24,30-22)12-29-22;17-10-6-12(19)11(18)4-8(10)3-9(23)5-14(28)26-1-2-27-13(7-26)24-25-15(27)16(20,21)22/h3-8,10,18-20,24-27H,2,9,11-12H2,1H3;4,6,9H,1-3,5,7,23H2/t18-,19-,20+,21-,22-;9-/m01/s1. The summed E-state index contributed by atoms with van der Waals surface area (Å²) in [7, 11) is 0. The van der Waals surface area contributed by atoms with Crippen LogP contribution in [0.4, 0.5) is 26.3 Å². The second-order valence-electron chi connectivity index (χ2n) is 14.2. The van der Waals surface area contributed by atoms with E-state index >= 15 is 0 Å². The molecule has 0 saturated carbocycles. The van der Waals surface area contributed by atoms with Crippen LogP contribution in [0.3, 0.4) is 0 Å². The van der Waals surface area contributed by atoms with E-state index in [1.807, 2.05) is 31.2 Å². The Morgan fingerprint density at radius 3 is 2.38 bits per heavy atom. The Kier molecular flexibility index (Phi) is 12.7. The molecule has 6 atom stereocenters. The number of carbonyl (C=O) groups is 1. The molecule has 4 heterocycles. The minimum atomic E-state index is -4.64. The minimum absolute atomic E-state index is 0.000783. The molecule has 314 valence electrons. The molecular formula is C38H40ClF6N5O8. The highest BCUT2D eigenvalue weighted by atomic mass is 35.5. The van der Waals surface area contributed by atoms with Crippen LogP contribution < -0.4 is 10.5 Å². The van der Waals surface area contributed by atoms with E-state index < -0.39 is 77.7 Å². The zero-order valence-electron chi connectivity index (χ0n) is 30.8. The monoisotopic (exact) mass is 843 g/mol. The number of benzene rings is 3. The first kappa shape index (κ1) is 43.2. The number of rotatable bonds is 10. The van der Waals surface area contributed by atoms with Crippen molar-refractivity contribution in [2.24, 2.45) is 5.73 Å². The van der Waals surface area contributed by atoms with Gasteiger partial charge in [-0.05, 0) is 66.8 Å². The van der Waals surface area contributed by atoms with Gasteiger partial charge in [0, 0.05) is 42.2 Å². The van der Waals surface area contributed by atoms with Gasteiger partial charge < -0.3 is 49.8 Å². The number of halogens is 7. The van der Waals surface area contributed by atoms with Crippen molar-refractivity contribution in [3.05, 3.63) is 111 Å². The largest absolute Gasteiger partial charge is 0.494 e. The fourth-order valence-electron chi connectivity index (χ4n) is 7.10. The third-order valence-electron chi connectivity index (χ3n) is 10.2. The minimum Gasteiger partial charge on any atom is -0.494 e. The van der Waals surface area contributed by atoms with Crippen molar-refractivity contribution in [1.29, 1.82) is 0 Å². The van der Waals surface area contributed by atoms with Crippen LogP contribution in [0.1, 0.15) is 47.2 Å². The molecule has 3 aliphatic rings. The Bertz CT molecular complexity index is 2110. The lowest BCUT2D eigenvalue weighted by molar-refractivity contribution is -0.329. The Morgan fingerprint density at radius 2 is 1.71 bits per heavy atom. The average Bonchev–Trinajstić information content (AvgIpc) is 3.80. The highest BCUT2D eigenvalue weighted by molar-refractivity contribution is 6.31. The smallest absolute Gasteiger partial charge is 0.451 e. The van der Waals surface area contributed by atoms with Gasteiger partial charge in [-0.2, -0.15) is 13.2 Å². The first-order chi connectivity index (χ1) is 27.4. The number of fused-ring (bicyclic) bond motifs is 3. The number of alkyl halides is 3. The van der Waals surface area contributed by atoms with Gasteiger partial charge >= 0.3 is 6.18 Å². The maximum absolute atomic E-state index is 13.7. The molecule has 3 aromatic carbocycles. The third kappa shape index (κ3) is 8.67. The molecule has 0 spiro atoms. The summed E-state index contributed by atoms with van der Waals surface area (Å²) < 4.78 is 96.4. The molecule has 3 aliphatic heterocycles. The molecule has 6 N–H and O–H groups in total. The summed E-state index contributed by atoms with van der Waals surface area (Å²) in [5.74, 6) is -6.07. The zero-order chi connectivity index (χ0) is 42.2. The molecular weight excluding hydrogens is 804 g/mol. The van der Waals surface area contributed by atoms with Gasteiger partial charge in [-0.3, -0.25) is 4.79 Å². The quantitative estimate of drug-likeness (QED) is 0.117. The Hall–Kier alpha value is -4.34. The molecule has 0 aliphatic carbocycles. The lowest BCUT2D eigenvalue weighted by Crippen LogP contribution is -2.65. The summed E-state index contributed by atoms with van der Waals surface area (Å²) in [6, 6.07) is 12.9. The normalized spacial score (nSPS) is 24.5. The van der Waals surface area contributed by atoms with Crippen LogP contribution in [0.2, 0.25) is 5.02 Å². The van der Waals surface area contributed by atoms with E-state index in [1.165, 1.54) is 4.90 Å². The summed E-state index contributed by atoms with van der Waals surface area (Å²) in [6.07, 6.45) is -9.16. The maximum Gasteiger partial charge on any atom is 0.451 e. The number of aliphatic hydroxyl groups is 4. The molecule has 0 unspecified atom stereocenters. The molecule has 1 amide bonds. The summed E-state index contributed by atoms with van der Waals surface area (Å²) in [4.78, 5) is 13.6. The summed E-state index contributed by atoms with van der Waals surface area (Å²) in [5, 5.41) is 48.2. The second-order valence-corrected chi connectivity index (χ2v) is 14.6. The Labute approximate surface area is 332 Å². The van der Waals surface area contributed by atoms with Crippen LogP contribution in [-0.2, 0) is 52.2 Å². The number of aliphatic hydroxyl groups excluding tert-OH is 4. The predicted octanol–water partition coefficient (Wildman–Crippen LogP) is 3.37. The molecule has 2 bridgehead atoms. The van der Waals surface area contributed by atoms with E-state index in [0.717, 1.165) is 21.4 Å². The van der Waals surface area contributed by atoms with Gasteiger partial charge in [0.2, 0.25) is 17.5 Å². The fraction of sp³-hybridized carbons (Fsp3) is 0.447. The number of amides is 1. The second kappa shape index (κ2) is 17.1. The zero-order valence-corrected chi connectivity index (χ0v) is 31.6. The molecule has 7 rings (SSSR count). The topological polar surface area (TPSA) is 186 Å². The Morgan fingerprint density at radius 1 is 1.00 bits per heavy atom. The van der Waals surface area contributed by atoms with Crippen LogP contribution in [0.5, 0.6) is 5.75 Å². The molecule has 2 saturated heterocycles. The number of hydrogen-bond acceptors (Lipinski definition) is 11. The molecule has 0 radical (unpaired) electrons. The highest BCUT2D eigenvalue weighted by Crippen LogP contribution is 2.50. The number of nitrogens with zero attached hydrogens (tertiary/aromatic N) is 4. The summed E-state index contributed by atoms with van der Waals surface area (Å²) in [6.45, 7) is 1.48.